The number of benzene rings is 4. The number of rotatable bonds is 9. The minimum atomic E-state index is -0.782. The van der Waals surface area contributed by atoms with Crippen LogP contribution in [-0.4, -0.2) is 24.3 Å². The van der Waals surface area contributed by atoms with Crippen molar-refractivity contribution in [2.75, 3.05) is 13.7 Å². The molecular formula is C36H27BrCl2N2O5S. The molecule has 0 radical (unpaired) electrons. The Labute approximate surface area is 293 Å². The fraction of sp³-hybridized carbons (Fsp3) is 0.139. The van der Waals surface area contributed by atoms with E-state index in [0.717, 1.165) is 22.3 Å². The van der Waals surface area contributed by atoms with Crippen molar-refractivity contribution in [2.24, 2.45) is 4.99 Å². The first-order valence-corrected chi connectivity index (χ1v) is 16.9. The largest absolute Gasteiger partial charge is 0.497 e. The van der Waals surface area contributed by atoms with E-state index in [1.54, 1.807) is 48.9 Å². The van der Waals surface area contributed by atoms with E-state index in [-0.39, 0.29) is 24.3 Å². The third kappa shape index (κ3) is 6.94. The molecule has 5 aromatic rings. The van der Waals surface area contributed by atoms with Gasteiger partial charge in [-0.2, -0.15) is 0 Å². The number of aromatic nitrogens is 1. The molecule has 1 aliphatic heterocycles. The maximum atomic E-state index is 14.2. The van der Waals surface area contributed by atoms with Gasteiger partial charge in [-0.25, -0.2) is 9.79 Å². The molecule has 0 aliphatic carbocycles. The number of fused-ring (bicyclic) bond motifs is 1. The average molecular weight is 750 g/mol. The summed E-state index contributed by atoms with van der Waals surface area (Å²) in [6.45, 7) is 2.18. The van der Waals surface area contributed by atoms with E-state index < -0.39 is 12.0 Å². The molecule has 47 heavy (non-hydrogen) atoms. The Morgan fingerprint density at radius 3 is 2.47 bits per heavy atom. The maximum Gasteiger partial charge on any atom is 0.338 e. The quantitative estimate of drug-likeness (QED) is 0.145. The zero-order valence-electron chi connectivity index (χ0n) is 25.2. The molecule has 1 aromatic heterocycles. The third-order valence-electron chi connectivity index (χ3n) is 7.46. The molecule has 0 bridgehead atoms. The maximum absolute atomic E-state index is 14.2. The van der Waals surface area contributed by atoms with Gasteiger partial charge in [0.2, 0.25) is 0 Å². The molecule has 0 N–H and O–H groups in total. The van der Waals surface area contributed by atoms with Crippen LogP contribution in [0.2, 0.25) is 10.0 Å². The highest BCUT2D eigenvalue weighted by molar-refractivity contribution is 9.10. The molecule has 238 valence electrons. The Morgan fingerprint density at radius 2 is 1.79 bits per heavy atom. The second-order valence-electron chi connectivity index (χ2n) is 10.4. The van der Waals surface area contributed by atoms with Crippen LogP contribution < -0.4 is 24.4 Å². The standard InChI is InChI=1S/C36H27BrCl2N2O5S/c1-3-45-35(43)31-32(22-7-5-4-6-8-22)40-36-41(33(31)23-11-14-26(44-2)15-12-23)34(42)30(47-36)18-21-9-16-29(27(37)17-21)46-20-24-10-13-25(38)19-28(24)39/h4-19,33H,3,20H2,1-2H3/b30-18-/t33-/m1/s1. The molecule has 0 fully saturated rings. The Kier molecular flexibility index (Phi) is 9.98. The molecule has 0 spiro atoms. The van der Waals surface area contributed by atoms with E-state index in [9.17, 15) is 9.59 Å². The smallest absolute Gasteiger partial charge is 0.338 e. The minimum absolute atomic E-state index is 0.172. The number of hydrogen-bond acceptors (Lipinski definition) is 7. The van der Waals surface area contributed by atoms with Gasteiger partial charge in [0.25, 0.3) is 5.56 Å². The van der Waals surface area contributed by atoms with E-state index in [1.165, 1.54) is 11.3 Å². The van der Waals surface area contributed by atoms with Gasteiger partial charge in [-0.1, -0.05) is 89.1 Å². The van der Waals surface area contributed by atoms with E-state index in [4.69, 9.17) is 42.4 Å². The van der Waals surface area contributed by atoms with Crippen molar-refractivity contribution in [1.29, 1.82) is 0 Å². The highest BCUT2D eigenvalue weighted by atomic mass is 79.9. The van der Waals surface area contributed by atoms with E-state index in [1.807, 2.05) is 66.7 Å². The Balaban J connectivity index is 1.44. The summed E-state index contributed by atoms with van der Waals surface area (Å²) >= 11 is 17.2. The van der Waals surface area contributed by atoms with E-state index >= 15 is 0 Å². The van der Waals surface area contributed by atoms with Crippen LogP contribution in [0.15, 0.2) is 111 Å². The lowest BCUT2D eigenvalue weighted by atomic mass is 9.93. The summed E-state index contributed by atoms with van der Waals surface area (Å²) in [5.74, 6) is 0.727. The van der Waals surface area contributed by atoms with Gasteiger partial charge < -0.3 is 14.2 Å². The van der Waals surface area contributed by atoms with Crippen LogP contribution in [-0.2, 0) is 16.1 Å². The topological polar surface area (TPSA) is 79.1 Å². The number of methoxy groups -OCH3 is 1. The highest BCUT2D eigenvalue weighted by Gasteiger charge is 2.35. The van der Waals surface area contributed by atoms with Gasteiger partial charge in [-0.3, -0.25) is 9.36 Å². The highest BCUT2D eigenvalue weighted by Crippen LogP contribution is 2.36. The van der Waals surface area contributed by atoms with Crippen LogP contribution in [0.4, 0.5) is 0 Å². The number of carbonyl (C=O) groups excluding carboxylic acids is 1. The predicted molar refractivity (Wildman–Crippen MR) is 189 cm³/mol. The van der Waals surface area contributed by atoms with Gasteiger partial charge in [-0.15, -0.1) is 0 Å². The molecule has 0 saturated heterocycles. The zero-order valence-corrected chi connectivity index (χ0v) is 29.1. The van der Waals surface area contributed by atoms with Crippen molar-refractivity contribution in [1.82, 2.24) is 4.57 Å². The molecule has 1 aliphatic rings. The summed E-state index contributed by atoms with van der Waals surface area (Å²) in [7, 11) is 1.59. The van der Waals surface area contributed by atoms with Crippen LogP contribution in [0.3, 0.4) is 0 Å². The third-order valence-corrected chi connectivity index (χ3v) is 9.65. The number of ether oxygens (including phenoxy) is 3. The van der Waals surface area contributed by atoms with Crippen LogP contribution in [0.5, 0.6) is 11.5 Å². The van der Waals surface area contributed by atoms with E-state index in [2.05, 4.69) is 15.9 Å². The second kappa shape index (κ2) is 14.3. The summed E-state index contributed by atoms with van der Waals surface area (Å²) in [6.07, 6.45) is 1.80. The van der Waals surface area contributed by atoms with Crippen molar-refractivity contribution in [2.45, 2.75) is 19.6 Å². The molecule has 1 atom stereocenters. The van der Waals surface area contributed by atoms with Gasteiger partial charge >= 0.3 is 5.97 Å². The molecule has 0 saturated carbocycles. The summed E-state index contributed by atoms with van der Waals surface area (Å²) in [4.78, 5) is 33.2. The number of esters is 1. The number of hydrogen-bond donors (Lipinski definition) is 0. The van der Waals surface area contributed by atoms with Crippen LogP contribution >= 0.6 is 50.5 Å². The first kappa shape index (κ1) is 32.8. The first-order valence-electron chi connectivity index (χ1n) is 14.6. The van der Waals surface area contributed by atoms with Gasteiger partial charge in [0.15, 0.2) is 4.80 Å². The number of nitrogens with zero attached hydrogens (tertiary/aromatic N) is 2. The lowest BCUT2D eigenvalue weighted by Crippen LogP contribution is -2.40. The second-order valence-corrected chi connectivity index (χ2v) is 13.1. The number of carbonyl (C=O) groups is 1. The van der Waals surface area contributed by atoms with Crippen molar-refractivity contribution in [3.63, 3.8) is 0 Å². The van der Waals surface area contributed by atoms with Crippen LogP contribution in [0.1, 0.15) is 35.2 Å². The Bertz CT molecular complexity index is 2180. The van der Waals surface area contributed by atoms with Gasteiger partial charge in [0.05, 0.1) is 40.0 Å². The molecule has 7 nitrogen and oxygen atoms in total. The molecule has 11 heteroatoms. The molecule has 0 unspecified atom stereocenters. The molecular weight excluding hydrogens is 723 g/mol. The van der Waals surface area contributed by atoms with Crippen LogP contribution in [0, 0.1) is 0 Å². The fourth-order valence-corrected chi connectivity index (χ4v) is 7.19. The van der Waals surface area contributed by atoms with Crippen LogP contribution in [0.25, 0.3) is 11.8 Å². The molecule has 4 aromatic carbocycles. The summed E-state index contributed by atoms with van der Waals surface area (Å²) < 4.78 is 19.6. The lowest BCUT2D eigenvalue weighted by Gasteiger charge is -2.26. The molecule has 2 heterocycles. The number of halogens is 3. The van der Waals surface area contributed by atoms with Crippen molar-refractivity contribution in [3.8, 4) is 11.5 Å². The van der Waals surface area contributed by atoms with Crippen molar-refractivity contribution in [3.05, 3.63) is 153 Å². The minimum Gasteiger partial charge on any atom is -0.497 e. The summed E-state index contributed by atoms with van der Waals surface area (Å²) in [5, 5.41) is 1.08. The predicted octanol–water partition coefficient (Wildman–Crippen LogP) is 7.59. The average Bonchev–Trinajstić information content (AvgIpc) is 3.38. The lowest BCUT2D eigenvalue weighted by molar-refractivity contribution is -0.138. The molecule has 6 rings (SSSR count). The van der Waals surface area contributed by atoms with Gasteiger partial charge in [0.1, 0.15) is 18.1 Å². The van der Waals surface area contributed by atoms with Crippen molar-refractivity contribution >= 4 is 68.2 Å². The first-order chi connectivity index (χ1) is 22.8. The van der Waals surface area contributed by atoms with E-state index in [0.29, 0.717) is 41.0 Å². The SMILES string of the molecule is CCOC(=O)C1=C(c2ccccc2)N=c2s/c(=C\c3ccc(OCc4ccc(Cl)cc4Cl)c(Br)c3)c(=O)n2[C@@H]1c1ccc(OC)cc1. The normalized spacial score (nSPS) is 14.4. The van der Waals surface area contributed by atoms with Crippen molar-refractivity contribution < 1.29 is 19.0 Å². The fourth-order valence-electron chi connectivity index (χ4n) is 5.21. The summed E-state index contributed by atoms with van der Waals surface area (Å²) in [5.41, 5.74) is 3.50. The van der Waals surface area contributed by atoms with Gasteiger partial charge in [0, 0.05) is 21.2 Å². The number of thiazole rings is 1. The Hall–Kier alpha value is -4.15. The Morgan fingerprint density at radius 1 is 1.02 bits per heavy atom. The monoisotopic (exact) mass is 748 g/mol. The zero-order chi connectivity index (χ0) is 33.1. The summed E-state index contributed by atoms with van der Waals surface area (Å²) in [6, 6.07) is 26.8. The van der Waals surface area contributed by atoms with Gasteiger partial charge in [-0.05, 0) is 76.5 Å². The molecule has 0 amide bonds.